The number of carbonyl (C=O) groups excluding carboxylic acids is 2. The van der Waals surface area contributed by atoms with E-state index in [1.807, 2.05) is 47.9 Å². The van der Waals surface area contributed by atoms with E-state index in [4.69, 9.17) is 11.6 Å². The summed E-state index contributed by atoms with van der Waals surface area (Å²) in [6.07, 6.45) is 2.52. The van der Waals surface area contributed by atoms with Crippen molar-refractivity contribution < 1.29 is 9.59 Å². The fourth-order valence-electron chi connectivity index (χ4n) is 2.88. The monoisotopic (exact) mass is 415 g/mol. The highest BCUT2D eigenvalue weighted by atomic mass is 35.5. The lowest BCUT2D eigenvalue weighted by molar-refractivity contribution is -0.112. The molecule has 0 aliphatic heterocycles. The van der Waals surface area contributed by atoms with Gasteiger partial charge in [-0.25, -0.2) is 0 Å². The number of nitrogens with zero attached hydrogens (tertiary/aromatic N) is 2. The maximum atomic E-state index is 12.8. The molecule has 4 heterocycles. The highest BCUT2D eigenvalue weighted by Crippen LogP contribution is 2.26. The summed E-state index contributed by atoms with van der Waals surface area (Å²) in [6, 6.07) is 12.9. The van der Waals surface area contributed by atoms with Crippen molar-refractivity contribution in [3.8, 4) is 0 Å². The number of nitrogens with one attached hydrogen (secondary N) is 1. The molecule has 0 spiro atoms. The summed E-state index contributed by atoms with van der Waals surface area (Å²) in [5.74, 6) is -1.24. The Hall–Kier alpha value is -2.48. The summed E-state index contributed by atoms with van der Waals surface area (Å²) in [5.41, 5.74) is 2.81. The molecule has 0 aliphatic rings. The van der Waals surface area contributed by atoms with Gasteiger partial charge >= 0.3 is 0 Å². The number of anilines is 1. The normalized spacial score (nSPS) is 11.0. The first kappa shape index (κ1) is 17.9. The van der Waals surface area contributed by atoms with Gasteiger partial charge in [0.1, 0.15) is 5.00 Å². The van der Waals surface area contributed by atoms with Crippen LogP contribution in [0.4, 0.5) is 5.00 Å². The van der Waals surface area contributed by atoms with Crippen LogP contribution in [0.1, 0.15) is 26.6 Å². The summed E-state index contributed by atoms with van der Waals surface area (Å²) in [6.45, 7) is 1.83. The fourth-order valence-corrected chi connectivity index (χ4v) is 4.64. The molecule has 0 saturated carbocycles. The molecule has 27 heavy (non-hydrogen) atoms. The van der Waals surface area contributed by atoms with Crippen molar-refractivity contribution in [3.05, 3.63) is 74.8 Å². The average molecular weight is 416 g/mol. The Labute approximate surface area is 168 Å². The average Bonchev–Trinajstić information content (AvgIpc) is 3.35. The standard InChI is InChI=1S/C19H14ClN3O2S2/c1-11-8-17(27-22-11)21-19(25)18(24)14-10-12(9-13-5-6-16(20)26-13)23-7-3-2-4-15(14)23/h2-8,10H,9H2,1H3,(H,21,25). The van der Waals surface area contributed by atoms with Gasteiger partial charge < -0.3 is 9.72 Å². The van der Waals surface area contributed by atoms with E-state index in [2.05, 4.69) is 9.69 Å². The van der Waals surface area contributed by atoms with Crippen molar-refractivity contribution in [2.45, 2.75) is 13.3 Å². The van der Waals surface area contributed by atoms with Crippen molar-refractivity contribution >= 4 is 56.7 Å². The number of rotatable bonds is 5. The number of hydrogen-bond donors (Lipinski definition) is 1. The van der Waals surface area contributed by atoms with Crippen LogP contribution in [0.3, 0.4) is 0 Å². The summed E-state index contributed by atoms with van der Waals surface area (Å²) >= 11 is 8.68. The third-order valence-corrected chi connectivity index (χ3v) is 6.08. The molecule has 136 valence electrons. The van der Waals surface area contributed by atoms with Gasteiger partial charge in [-0.1, -0.05) is 17.7 Å². The van der Waals surface area contributed by atoms with E-state index in [1.165, 1.54) is 11.3 Å². The number of ketones is 1. The number of carbonyl (C=O) groups is 2. The molecule has 0 fully saturated rings. The third kappa shape index (κ3) is 3.66. The molecule has 1 N–H and O–H groups in total. The minimum Gasteiger partial charge on any atom is -0.320 e. The van der Waals surface area contributed by atoms with E-state index < -0.39 is 11.7 Å². The van der Waals surface area contributed by atoms with E-state index >= 15 is 0 Å². The molecule has 0 atom stereocenters. The molecule has 0 aromatic carbocycles. The van der Waals surface area contributed by atoms with Crippen molar-refractivity contribution in [1.29, 1.82) is 0 Å². The molecule has 0 unspecified atom stereocenters. The van der Waals surface area contributed by atoms with E-state index in [0.717, 1.165) is 32.1 Å². The summed E-state index contributed by atoms with van der Waals surface area (Å²) in [7, 11) is 0. The van der Waals surface area contributed by atoms with Gasteiger partial charge in [0.25, 0.3) is 11.7 Å². The van der Waals surface area contributed by atoms with Gasteiger partial charge in [0.05, 0.1) is 21.1 Å². The molecule has 4 aromatic heterocycles. The Morgan fingerprint density at radius 1 is 1.22 bits per heavy atom. The number of pyridine rings is 1. The second-order valence-electron chi connectivity index (χ2n) is 6.00. The highest BCUT2D eigenvalue weighted by Gasteiger charge is 2.22. The quantitative estimate of drug-likeness (QED) is 0.375. The zero-order valence-corrected chi connectivity index (χ0v) is 16.6. The Morgan fingerprint density at radius 2 is 2.07 bits per heavy atom. The van der Waals surface area contributed by atoms with E-state index in [9.17, 15) is 9.59 Å². The number of fused-ring (bicyclic) bond motifs is 1. The largest absolute Gasteiger partial charge is 0.320 e. The van der Waals surface area contributed by atoms with Gasteiger partial charge in [-0.3, -0.25) is 9.59 Å². The number of Topliss-reactive ketones (excluding diaryl/α,β-unsaturated/α-hetero) is 1. The predicted octanol–water partition coefficient (Wildman–Crippen LogP) is 4.83. The Bertz CT molecular complexity index is 1160. The molecule has 4 aromatic rings. The van der Waals surface area contributed by atoms with Gasteiger partial charge in [0, 0.05) is 23.2 Å². The zero-order chi connectivity index (χ0) is 19.0. The lowest BCUT2D eigenvalue weighted by Crippen LogP contribution is -2.22. The van der Waals surface area contributed by atoms with Crippen molar-refractivity contribution in [2.24, 2.45) is 0 Å². The minimum absolute atomic E-state index is 0.381. The topological polar surface area (TPSA) is 63.5 Å². The number of amides is 1. The number of hydrogen-bond acceptors (Lipinski definition) is 5. The lowest BCUT2D eigenvalue weighted by Gasteiger charge is -2.02. The van der Waals surface area contributed by atoms with E-state index in [0.29, 0.717) is 22.5 Å². The fraction of sp³-hybridized carbons (Fsp3) is 0.105. The van der Waals surface area contributed by atoms with Crippen LogP contribution in [-0.2, 0) is 11.2 Å². The van der Waals surface area contributed by atoms with Crippen LogP contribution < -0.4 is 5.32 Å². The highest BCUT2D eigenvalue weighted by molar-refractivity contribution is 7.16. The molecule has 0 saturated heterocycles. The smallest absolute Gasteiger partial charge is 0.297 e. The SMILES string of the molecule is Cc1cc(NC(=O)C(=O)c2cc(Cc3ccc(Cl)s3)n3ccccc23)sn1. The second kappa shape index (κ2) is 7.26. The first-order valence-corrected chi connectivity index (χ1v) is 10.1. The van der Waals surface area contributed by atoms with Gasteiger partial charge in [-0.05, 0) is 54.9 Å². The van der Waals surface area contributed by atoms with Crippen molar-refractivity contribution in [1.82, 2.24) is 8.77 Å². The number of aromatic nitrogens is 2. The molecule has 4 rings (SSSR count). The summed E-state index contributed by atoms with van der Waals surface area (Å²) < 4.78 is 6.77. The summed E-state index contributed by atoms with van der Waals surface area (Å²) in [4.78, 5) is 26.3. The zero-order valence-electron chi connectivity index (χ0n) is 14.2. The second-order valence-corrected chi connectivity index (χ2v) is 8.61. The molecular weight excluding hydrogens is 402 g/mol. The molecule has 0 bridgehead atoms. The molecule has 1 amide bonds. The van der Waals surface area contributed by atoms with Gasteiger partial charge in [0.15, 0.2) is 0 Å². The number of aryl methyl sites for hydroxylation is 1. The predicted molar refractivity (Wildman–Crippen MR) is 109 cm³/mol. The van der Waals surface area contributed by atoms with Crippen LogP contribution in [-0.4, -0.2) is 20.5 Å². The van der Waals surface area contributed by atoms with Gasteiger partial charge in [-0.2, -0.15) is 4.37 Å². The van der Waals surface area contributed by atoms with Crippen LogP contribution in [0.15, 0.2) is 48.7 Å². The van der Waals surface area contributed by atoms with E-state index in [-0.39, 0.29) is 0 Å². The molecule has 8 heteroatoms. The minimum atomic E-state index is -0.666. The number of halogens is 1. The first-order chi connectivity index (χ1) is 13.0. The van der Waals surface area contributed by atoms with Crippen LogP contribution in [0.25, 0.3) is 5.52 Å². The van der Waals surface area contributed by atoms with Crippen LogP contribution in [0.5, 0.6) is 0 Å². The van der Waals surface area contributed by atoms with Gasteiger partial charge in [0.2, 0.25) is 0 Å². The lowest BCUT2D eigenvalue weighted by atomic mass is 10.1. The first-order valence-electron chi connectivity index (χ1n) is 8.13. The van der Waals surface area contributed by atoms with Crippen molar-refractivity contribution in [2.75, 3.05) is 5.32 Å². The van der Waals surface area contributed by atoms with Crippen LogP contribution in [0.2, 0.25) is 4.34 Å². The molecule has 0 radical (unpaired) electrons. The Kier molecular flexibility index (Phi) is 4.82. The van der Waals surface area contributed by atoms with E-state index in [1.54, 1.807) is 12.1 Å². The van der Waals surface area contributed by atoms with Crippen molar-refractivity contribution in [3.63, 3.8) is 0 Å². The van der Waals surface area contributed by atoms with Crippen LogP contribution >= 0.6 is 34.5 Å². The number of thiophene rings is 1. The molecule has 0 aliphatic carbocycles. The maximum absolute atomic E-state index is 12.8. The Morgan fingerprint density at radius 3 is 2.78 bits per heavy atom. The summed E-state index contributed by atoms with van der Waals surface area (Å²) in [5, 5.41) is 3.19. The van der Waals surface area contributed by atoms with Crippen LogP contribution in [0, 0.1) is 6.92 Å². The maximum Gasteiger partial charge on any atom is 0.297 e. The molecule has 5 nitrogen and oxygen atoms in total. The van der Waals surface area contributed by atoms with Gasteiger partial charge in [-0.15, -0.1) is 11.3 Å². The molecular formula is C19H14ClN3O2S2. The third-order valence-electron chi connectivity index (χ3n) is 4.06. The Balaban J connectivity index is 1.66.